The van der Waals surface area contributed by atoms with Gasteiger partial charge in [0.2, 0.25) is 0 Å². The van der Waals surface area contributed by atoms with Crippen molar-refractivity contribution in [2.75, 3.05) is 18.4 Å². The van der Waals surface area contributed by atoms with Crippen LogP contribution in [0, 0.1) is 11.8 Å². The van der Waals surface area contributed by atoms with Gasteiger partial charge in [-0.25, -0.2) is 9.97 Å². The first kappa shape index (κ1) is 13.8. The third kappa shape index (κ3) is 3.03. The summed E-state index contributed by atoms with van der Waals surface area (Å²) in [6, 6.07) is 12.4. The number of fused-ring (bicyclic) bond motifs is 1. The van der Waals surface area contributed by atoms with E-state index in [0.717, 1.165) is 47.6 Å². The molecule has 3 N–H and O–H groups in total. The molecule has 0 amide bonds. The molecule has 1 saturated heterocycles. The van der Waals surface area contributed by atoms with Gasteiger partial charge in [-0.1, -0.05) is 24.1 Å². The van der Waals surface area contributed by atoms with Gasteiger partial charge in [0.05, 0.1) is 11.1 Å². The Balaban J connectivity index is 1.64. The monoisotopic (exact) mass is 303 g/mol. The Morgan fingerprint density at radius 3 is 2.87 bits per heavy atom. The van der Waals surface area contributed by atoms with Crippen LogP contribution in [0.3, 0.4) is 0 Å². The van der Waals surface area contributed by atoms with Crippen LogP contribution >= 0.6 is 0 Å². The van der Waals surface area contributed by atoms with Crippen molar-refractivity contribution in [2.45, 2.75) is 12.5 Å². The average Bonchev–Trinajstić information content (AvgIpc) is 3.23. The first-order valence-electron chi connectivity index (χ1n) is 7.76. The van der Waals surface area contributed by atoms with Crippen LogP contribution in [-0.4, -0.2) is 34.1 Å². The van der Waals surface area contributed by atoms with Crippen LogP contribution in [-0.2, 0) is 0 Å². The van der Waals surface area contributed by atoms with Crippen LogP contribution in [0.2, 0.25) is 0 Å². The first-order valence-corrected chi connectivity index (χ1v) is 7.76. The lowest BCUT2D eigenvalue weighted by Crippen LogP contribution is -2.22. The highest BCUT2D eigenvalue weighted by molar-refractivity contribution is 5.88. The molecule has 0 bridgehead atoms. The molecule has 3 aromatic rings. The quantitative estimate of drug-likeness (QED) is 0.635. The number of hydrogen-bond donors (Lipinski definition) is 3. The topological polar surface area (TPSA) is 65.6 Å². The molecule has 5 nitrogen and oxygen atoms in total. The van der Waals surface area contributed by atoms with Gasteiger partial charge in [-0.05, 0) is 37.1 Å². The summed E-state index contributed by atoms with van der Waals surface area (Å²) in [5.74, 6) is 7.18. The van der Waals surface area contributed by atoms with Gasteiger partial charge in [0, 0.05) is 18.2 Å². The third-order valence-electron chi connectivity index (χ3n) is 3.94. The Hall–Kier alpha value is -2.84. The summed E-state index contributed by atoms with van der Waals surface area (Å²) in [5.41, 5.74) is 2.65. The van der Waals surface area contributed by atoms with E-state index in [1.54, 1.807) is 6.33 Å². The van der Waals surface area contributed by atoms with Gasteiger partial charge in [-0.3, -0.25) is 0 Å². The molecule has 1 aliphatic rings. The zero-order valence-corrected chi connectivity index (χ0v) is 12.6. The van der Waals surface area contributed by atoms with Crippen LogP contribution in [0.25, 0.3) is 11.0 Å². The highest BCUT2D eigenvalue weighted by atomic mass is 15.1. The number of hydrogen-bond acceptors (Lipinski definition) is 4. The maximum absolute atomic E-state index is 4.38. The number of nitrogens with one attached hydrogen (secondary N) is 3. The molecular weight excluding hydrogens is 286 g/mol. The molecule has 1 fully saturated rings. The normalized spacial score (nSPS) is 17.0. The second kappa shape index (κ2) is 6.11. The SMILES string of the molecule is C(#Cc1cc2c(N[C@@H]3CCNC3)ncnc2[nH]1)c1ccccc1. The summed E-state index contributed by atoms with van der Waals surface area (Å²) < 4.78 is 0. The van der Waals surface area contributed by atoms with Crippen molar-refractivity contribution in [3.8, 4) is 11.8 Å². The minimum absolute atomic E-state index is 0.418. The molecule has 5 heteroatoms. The van der Waals surface area contributed by atoms with Gasteiger partial charge in [-0.15, -0.1) is 0 Å². The van der Waals surface area contributed by atoms with Crippen molar-refractivity contribution in [3.63, 3.8) is 0 Å². The van der Waals surface area contributed by atoms with Crippen molar-refractivity contribution in [1.82, 2.24) is 20.3 Å². The number of benzene rings is 1. The molecule has 2 aromatic heterocycles. The van der Waals surface area contributed by atoms with E-state index in [2.05, 4.69) is 37.4 Å². The lowest BCUT2D eigenvalue weighted by Gasteiger charge is -2.11. The molecular formula is C18H17N5. The minimum atomic E-state index is 0.418. The highest BCUT2D eigenvalue weighted by Crippen LogP contribution is 2.21. The Morgan fingerprint density at radius 2 is 2.04 bits per heavy atom. The van der Waals surface area contributed by atoms with Crippen LogP contribution in [0.4, 0.5) is 5.82 Å². The zero-order chi connectivity index (χ0) is 15.5. The molecule has 1 aromatic carbocycles. The number of rotatable bonds is 2. The molecule has 0 spiro atoms. The van der Waals surface area contributed by atoms with Crippen LogP contribution in [0.15, 0.2) is 42.7 Å². The third-order valence-corrected chi connectivity index (χ3v) is 3.94. The zero-order valence-electron chi connectivity index (χ0n) is 12.6. The van der Waals surface area contributed by atoms with Crippen molar-refractivity contribution in [2.24, 2.45) is 0 Å². The summed E-state index contributed by atoms with van der Waals surface area (Å²) >= 11 is 0. The number of aromatic amines is 1. The molecule has 0 radical (unpaired) electrons. The van der Waals surface area contributed by atoms with E-state index in [0.29, 0.717) is 6.04 Å². The summed E-state index contributed by atoms with van der Waals surface area (Å²) in [5, 5.41) is 7.82. The van der Waals surface area contributed by atoms with Crippen LogP contribution in [0.1, 0.15) is 17.7 Å². The number of anilines is 1. The second-order valence-corrected chi connectivity index (χ2v) is 5.62. The number of aromatic nitrogens is 3. The van der Waals surface area contributed by atoms with Crippen molar-refractivity contribution in [3.05, 3.63) is 54.0 Å². The molecule has 0 aliphatic carbocycles. The number of nitrogens with zero attached hydrogens (tertiary/aromatic N) is 2. The van der Waals surface area contributed by atoms with Gasteiger partial charge in [0.25, 0.3) is 0 Å². The van der Waals surface area contributed by atoms with Crippen LogP contribution < -0.4 is 10.6 Å². The molecule has 1 aliphatic heterocycles. The minimum Gasteiger partial charge on any atom is -0.365 e. The lowest BCUT2D eigenvalue weighted by atomic mass is 10.2. The van der Waals surface area contributed by atoms with E-state index in [9.17, 15) is 0 Å². The fourth-order valence-corrected chi connectivity index (χ4v) is 2.75. The van der Waals surface area contributed by atoms with E-state index in [4.69, 9.17) is 0 Å². The van der Waals surface area contributed by atoms with Gasteiger partial charge in [-0.2, -0.15) is 0 Å². The fourth-order valence-electron chi connectivity index (χ4n) is 2.75. The predicted molar refractivity (Wildman–Crippen MR) is 91.2 cm³/mol. The Morgan fingerprint density at radius 1 is 1.13 bits per heavy atom. The summed E-state index contributed by atoms with van der Waals surface area (Å²) in [6.07, 6.45) is 2.69. The summed E-state index contributed by atoms with van der Waals surface area (Å²) in [4.78, 5) is 11.9. The maximum atomic E-state index is 4.38. The Labute approximate surface area is 134 Å². The van der Waals surface area contributed by atoms with Crippen molar-refractivity contribution in [1.29, 1.82) is 0 Å². The van der Waals surface area contributed by atoms with Gasteiger partial charge >= 0.3 is 0 Å². The van der Waals surface area contributed by atoms with Crippen LogP contribution in [0.5, 0.6) is 0 Å². The summed E-state index contributed by atoms with van der Waals surface area (Å²) in [7, 11) is 0. The Kier molecular flexibility index (Phi) is 3.66. The maximum Gasteiger partial charge on any atom is 0.143 e. The molecule has 4 rings (SSSR count). The Bertz CT molecular complexity index is 867. The van der Waals surface area contributed by atoms with Gasteiger partial charge in [0.15, 0.2) is 0 Å². The molecule has 114 valence electrons. The predicted octanol–water partition coefficient (Wildman–Crippen LogP) is 2.13. The smallest absolute Gasteiger partial charge is 0.143 e. The van der Waals surface area contributed by atoms with Crippen molar-refractivity contribution < 1.29 is 0 Å². The molecule has 3 heterocycles. The molecule has 0 unspecified atom stereocenters. The van der Waals surface area contributed by atoms with Crippen molar-refractivity contribution >= 4 is 16.9 Å². The fraction of sp³-hybridized carbons (Fsp3) is 0.222. The van der Waals surface area contributed by atoms with E-state index < -0.39 is 0 Å². The molecule has 1 atom stereocenters. The largest absolute Gasteiger partial charge is 0.365 e. The standard InChI is InChI=1S/C18H17N5/c1-2-4-13(5-3-1)6-7-14-10-16-17(22-14)20-12-21-18(16)23-15-8-9-19-11-15/h1-5,10,12,15,19H,8-9,11H2,(H2,20,21,22,23)/t15-/m1/s1. The average molecular weight is 303 g/mol. The first-order chi connectivity index (χ1) is 11.4. The van der Waals surface area contributed by atoms with E-state index in [-0.39, 0.29) is 0 Å². The molecule has 0 saturated carbocycles. The molecule has 23 heavy (non-hydrogen) atoms. The number of H-pyrrole nitrogens is 1. The van der Waals surface area contributed by atoms with Gasteiger partial charge in [0.1, 0.15) is 17.8 Å². The highest BCUT2D eigenvalue weighted by Gasteiger charge is 2.16. The van der Waals surface area contributed by atoms with E-state index in [1.807, 2.05) is 36.4 Å². The van der Waals surface area contributed by atoms with Gasteiger partial charge < -0.3 is 15.6 Å². The summed E-state index contributed by atoms with van der Waals surface area (Å²) in [6.45, 7) is 2.02. The van der Waals surface area contributed by atoms with E-state index in [1.165, 1.54) is 0 Å². The lowest BCUT2D eigenvalue weighted by molar-refractivity contribution is 0.789. The second-order valence-electron chi connectivity index (χ2n) is 5.62. The van der Waals surface area contributed by atoms with E-state index >= 15 is 0 Å².